The SMILES string of the molecule is COc1ccc(C[C@@H](C)NC[C@H](O)c2ccc(O)c(NC=O)c2)cc1.c1ccc(CCc2ccccc2)cc1. The Hall–Kier alpha value is -4.13. The number of aliphatic hydroxyl groups excluding tert-OH is 1. The normalized spacial score (nSPS) is 12.0. The van der Waals surface area contributed by atoms with Gasteiger partial charge in [0.05, 0.1) is 18.9 Å². The van der Waals surface area contributed by atoms with E-state index in [1.807, 2.05) is 31.2 Å². The third-order valence-corrected chi connectivity index (χ3v) is 6.37. The number of aromatic hydroxyl groups is 1. The minimum absolute atomic E-state index is 0.0381. The number of hydrogen-bond acceptors (Lipinski definition) is 5. The Labute approximate surface area is 231 Å². The molecule has 1 amide bonds. The Morgan fingerprint density at radius 1 is 0.821 bits per heavy atom. The van der Waals surface area contributed by atoms with Gasteiger partial charge in [0.1, 0.15) is 11.5 Å². The Kier molecular flexibility index (Phi) is 12.0. The second-order valence-electron chi connectivity index (χ2n) is 9.39. The van der Waals surface area contributed by atoms with Gasteiger partial charge in [-0.1, -0.05) is 78.9 Å². The van der Waals surface area contributed by atoms with Crippen LogP contribution in [0.5, 0.6) is 11.5 Å². The summed E-state index contributed by atoms with van der Waals surface area (Å²) in [6.45, 7) is 2.41. The standard InChI is InChI=1S/C19H24N2O4.C14H14/c1-13(9-14-3-6-16(25-2)7-4-14)20-11-19(24)15-5-8-18(23)17(10-15)21-12-22;1-3-7-13(8-4-1)11-12-14-9-5-2-6-10-14/h3-8,10,12-13,19-20,23-24H,9,11H2,1-2H3,(H,21,22);1-10H,11-12H2/t13-,19+;/m1./s1. The molecule has 0 bridgehead atoms. The molecule has 0 aliphatic heterocycles. The predicted molar refractivity (Wildman–Crippen MR) is 157 cm³/mol. The second-order valence-corrected chi connectivity index (χ2v) is 9.39. The molecule has 4 aromatic rings. The van der Waals surface area contributed by atoms with E-state index in [1.165, 1.54) is 22.8 Å². The Balaban J connectivity index is 0.000000252. The molecule has 4 aromatic carbocycles. The van der Waals surface area contributed by atoms with Gasteiger partial charge in [-0.2, -0.15) is 0 Å². The molecule has 0 unspecified atom stereocenters. The third-order valence-electron chi connectivity index (χ3n) is 6.37. The van der Waals surface area contributed by atoms with Crippen LogP contribution in [0.15, 0.2) is 103 Å². The maximum atomic E-state index is 10.5. The van der Waals surface area contributed by atoms with Crippen molar-refractivity contribution < 1.29 is 19.7 Å². The number of phenols is 1. The zero-order chi connectivity index (χ0) is 27.9. The minimum atomic E-state index is -0.744. The first kappa shape index (κ1) is 29.4. The van der Waals surface area contributed by atoms with E-state index in [1.54, 1.807) is 19.2 Å². The first-order valence-corrected chi connectivity index (χ1v) is 13.1. The lowest BCUT2D eigenvalue weighted by molar-refractivity contribution is -0.105. The van der Waals surface area contributed by atoms with Crippen molar-refractivity contribution in [2.75, 3.05) is 19.0 Å². The van der Waals surface area contributed by atoms with Crippen molar-refractivity contribution in [1.82, 2.24) is 5.32 Å². The summed E-state index contributed by atoms with van der Waals surface area (Å²) >= 11 is 0. The van der Waals surface area contributed by atoms with Crippen LogP contribution >= 0.6 is 0 Å². The van der Waals surface area contributed by atoms with E-state index < -0.39 is 6.10 Å². The van der Waals surface area contributed by atoms with Gasteiger partial charge in [0, 0.05) is 12.6 Å². The molecule has 0 fully saturated rings. The maximum absolute atomic E-state index is 10.5. The Bertz CT molecular complexity index is 1210. The summed E-state index contributed by atoms with van der Waals surface area (Å²) in [5, 5.41) is 25.6. The fourth-order valence-electron chi connectivity index (χ4n) is 4.14. The first-order valence-electron chi connectivity index (χ1n) is 13.1. The molecule has 0 saturated heterocycles. The van der Waals surface area contributed by atoms with Gasteiger partial charge in [0.15, 0.2) is 0 Å². The number of amides is 1. The molecule has 6 nitrogen and oxygen atoms in total. The average Bonchev–Trinajstić information content (AvgIpc) is 2.98. The van der Waals surface area contributed by atoms with Crippen LogP contribution in [0.2, 0.25) is 0 Å². The van der Waals surface area contributed by atoms with Crippen LogP contribution in [0.4, 0.5) is 5.69 Å². The van der Waals surface area contributed by atoms with E-state index in [2.05, 4.69) is 71.3 Å². The van der Waals surface area contributed by atoms with Crippen molar-refractivity contribution in [2.24, 2.45) is 0 Å². The molecular formula is C33H38N2O4. The lowest BCUT2D eigenvalue weighted by atomic mass is 10.0. The molecule has 4 N–H and O–H groups in total. The molecule has 0 aromatic heterocycles. The van der Waals surface area contributed by atoms with Crippen LogP contribution in [0.1, 0.15) is 35.3 Å². The molecule has 0 spiro atoms. The minimum Gasteiger partial charge on any atom is -0.506 e. The summed E-state index contributed by atoms with van der Waals surface area (Å²) in [6.07, 6.45) is 2.83. The number of nitrogens with one attached hydrogen (secondary N) is 2. The number of ether oxygens (including phenoxy) is 1. The molecule has 0 saturated carbocycles. The first-order chi connectivity index (χ1) is 19.0. The van der Waals surface area contributed by atoms with Gasteiger partial charge in [0.25, 0.3) is 0 Å². The topological polar surface area (TPSA) is 90.8 Å². The van der Waals surface area contributed by atoms with Crippen molar-refractivity contribution in [3.05, 3.63) is 125 Å². The number of carbonyl (C=O) groups excluding carboxylic acids is 1. The maximum Gasteiger partial charge on any atom is 0.211 e. The van der Waals surface area contributed by atoms with Crippen LogP contribution in [0.25, 0.3) is 0 Å². The fraction of sp³-hybridized carbons (Fsp3) is 0.242. The zero-order valence-electron chi connectivity index (χ0n) is 22.6. The van der Waals surface area contributed by atoms with Crippen LogP contribution < -0.4 is 15.4 Å². The van der Waals surface area contributed by atoms with E-state index in [9.17, 15) is 15.0 Å². The number of aliphatic hydroxyl groups is 1. The van der Waals surface area contributed by atoms with Gasteiger partial charge in [-0.25, -0.2) is 0 Å². The van der Waals surface area contributed by atoms with Gasteiger partial charge >= 0.3 is 0 Å². The molecule has 0 aliphatic rings. The van der Waals surface area contributed by atoms with E-state index in [4.69, 9.17) is 4.74 Å². The number of phenolic OH excluding ortho intramolecular Hbond substituents is 1. The van der Waals surface area contributed by atoms with Crippen molar-refractivity contribution in [1.29, 1.82) is 0 Å². The lowest BCUT2D eigenvalue weighted by Gasteiger charge is -2.18. The summed E-state index contributed by atoms with van der Waals surface area (Å²) in [7, 11) is 1.64. The molecule has 6 heteroatoms. The Morgan fingerprint density at radius 3 is 1.95 bits per heavy atom. The van der Waals surface area contributed by atoms with Crippen LogP contribution in [0, 0.1) is 0 Å². The number of aryl methyl sites for hydroxylation is 2. The molecule has 0 radical (unpaired) electrons. The summed E-state index contributed by atoms with van der Waals surface area (Å²) in [4.78, 5) is 10.5. The summed E-state index contributed by atoms with van der Waals surface area (Å²) in [5.74, 6) is 0.788. The number of hydrogen-bond donors (Lipinski definition) is 4. The van der Waals surface area contributed by atoms with E-state index in [0.29, 0.717) is 18.5 Å². The smallest absolute Gasteiger partial charge is 0.211 e. The van der Waals surface area contributed by atoms with Crippen LogP contribution in [-0.4, -0.2) is 36.3 Å². The highest BCUT2D eigenvalue weighted by Gasteiger charge is 2.12. The zero-order valence-corrected chi connectivity index (χ0v) is 22.6. The number of rotatable bonds is 12. The average molecular weight is 527 g/mol. The second kappa shape index (κ2) is 16.0. The quantitative estimate of drug-likeness (QED) is 0.141. The monoisotopic (exact) mass is 526 g/mol. The van der Waals surface area contributed by atoms with E-state index in [-0.39, 0.29) is 17.5 Å². The molecule has 0 aliphatic carbocycles. The van der Waals surface area contributed by atoms with Crippen molar-refractivity contribution >= 4 is 12.1 Å². The highest BCUT2D eigenvalue weighted by molar-refractivity contribution is 5.75. The van der Waals surface area contributed by atoms with Gasteiger partial charge < -0.3 is 25.6 Å². The Morgan fingerprint density at radius 2 is 1.41 bits per heavy atom. The van der Waals surface area contributed by atoms with Gasteiger partial charge in [-0.05, 0) is 72.7 Å². The lowest BCUT2D eigenvalue weighted by Crippen LogP contribution is -2.32. The number of anilines is 1. The van der Waals surface area contributed by atoms with Crippen LogP contribution in [-0.2, 0) is 24.1 Å². The molecular weight excluding hydrogens is 488 g/mol. The predicted octanol–water partition coefficient (Wildman–Crippen LogP) is 5.70. The van der Waals surface area contributed by atoms with Crippen molar-refractivity contribution in [3.63, 3.8) is 0 Å². The van der Waals surface area contributed by atoms with Gasteiger partial charge in [-0.15, -0.1) is 0 Å². The highest BCUT2D eigenvalue weighted by Crippen LogP contribution is 2.26. The van der Waals surface area contributed by atoms with Crippen molar-refractivity contribution in [3.8, 4) is 11.5 Å². The van der Waals surface area contributed by atoms with Crippen molar-refractivity contribution in [2.45, 2.75) is 38.3 Å². The summed E-state index contributed by atoms with van der Waals surface area (Å²) < 4.78 is 5.14. The van der Waals surface area contributed by atoms with E-state index in [0.717, 1.165) is 25.0 Å². The van der Waals surface area contributed by atoms with E-state index >= 15 is 0 Å². The van der Waals surface area contributed by atoms with Crippen LogP contribution in [0.3, 0.4) is 0 Å². The number of carbonyl (C=O) groups is 1. The summed E-state index contributed by atoms with van der Waals surface area (Å²) in [6, 6.07) is 33.9. The largest absolute Gasteiger partial charge is 0.506 e. The van der Waals surface area contributed by atoms with Gasteiger partial charge in [-0.3, -0.25) is 4.79 Å². The number of benzene rings is 4. The molecule has 204 valence electrons. The molecule has 0 heterocycles. The third kappa shape index (κ3) is 10.3. The summed E-state index contributed by atoms with van der Waals surface area (Å²) in [5.41, 5.74) is 4.90. The van der Waals surface area contributed by atoms with Gasteiger partial charge in [0.2, 0.25) is 6.41 Å². The fourth-order valence-corrected chi connectivity index (χ4v) is 4.14. The molecule has 2 atom stereocenters. The highest BCUT2D eigenvalue weighted by atomic mass is 16.5. The molecule has 39 heavy (non-hydrogen) atoms. The number of methoxy groups -OCH3 is 1. The molecule has 4 rings (SSSR count).